The number of aromatic nitrogens is 2. The first kappa shape index (κ1) is 10.5. The summed E-state index contributed by atoms with van der Waals surface area (Å²) in [6.07, 6.45) is 3.69. The van der Waals surface area contributed by atoms with Crippen LogP contribution in [0, 0.1) is 0 Å². The minimum absolute atomic E-state index is 0.135. The topological polar surface area (TPSA) is 50.1 Å². The average molecular weight is 217 g/mol. The summed E-state index contributed by atoms with van der Waals surface area (Å²) in [5.74, 6) is 0.289. The highest BCUT2D eigenvalue weighted by molar-refractivity contribution is 5.42. The molecular weight excluding hydrogens is 202 g/mol. The molecule has 1 heterocycles. The second-order valence-electron chi connectivity index (χ2n) is 3.86. The zero-order valence-electron chi connectivity index (χ0n) is 9.38. The van der Waals surface area contributed by atoms with Crippen LogP contribution in [0.2, 0.25) is 0 Å². The molecule has 84 valence electrons. The highest BCUT2D eigenvalue weighted by Gasteiger charge is 2.06. The Hall–Kier alpha value is -1.97. The second kappa shape index (κ2) is 4.26. The molecule has 16 heavy (non-hydrogen) atoms. The molecule has 0 fully saturated rings. The molecule has 0 radical (unpaired) electrons. The Morgan fingerprint density at radius 1 is 1.44 bits per heavy atom. The first-order valence-corrected chi connectivity index (χ1v) is 5.19. The van der Waals surface area contributed by atoms with Crippen LogP contribution in [0.3, 0.4) is 0 Å². The van der Waals surface area contributed by atoms with Gasteiger partial charge in [0, 0.05) is 19.3 Å². The van der Waals surface area contributed by atoms with Gasteiger partial charge in [0.25, 0.3) is 0 Å². The van der Waals surface area contributed by atoms with Crippen molar-refractivity contribution in [1.82, 2.24) is 9.78 Å². The Labute approximate surface area is 94.5 Å². The summed E-state index contributed by atoms with van der Waals surface area (Å²) in [6.45, 7) is 2.04. The van der Waals surface area contributed by atoms with Crippen LogP contribution in [0.4, 0.5) is 5.69 Å². The van der Waals surface area contributed by atoms with Crippen molar-refractivity contribution in [1.29, 1.82) is 0 Å². The second-order valence-corrected chi connectivity index (χ2v) is 3.86. The van der Waals surface area contributed by atoms with Crippen LogP contribution in [0.25, 0.3) is 0 Å². The number of aryl methyl sites for hydroxylation is 1. The quantitative estimate of drug-likeness (QED) is 0.829. The van der Waals surface area contributed by atoms with Crippen molar-refractivity contribution >= 4 is 5.69 Å². The molecule has 0 bridgehead atoms. The smallest absolute Gasteiger partial charge is 0.115 e. The van der Waals surface area contributed by atoms with Crippen LogP contribution in [0.5, 0.6) is 5.75 Å². The zero-order chi connectivity index (χ0) is 11.5. The van der Waals surface area contributed by atoms with E-state index in [-0.39, 0.29) is 11.8 Å². The maximum Gasteiger partial charge on any atom is 0.115 e. The molecule has 1 unspecified atom stereocenters. The van der Waals surface area contributed by atoms with E-state index in [0.717, 1.165) is 11.3 Å². The van der Waals surface area contributed by atoms with Crippen LogP contribution in [0.15, 0.2) is 36.7 Å². The number of phenolic OH excluding ortho intramolecular Hbond substituents is 1. The van der Waals surface area contributed by atoms with E-state index in [0.29, 0.717) is 0 Å². The summed E-state index contributed by atoms with van der Waals surface area (Å²) in [5.41, 5.74) is 2.02. The van der Waals surface area contributed by atoms with E-state index in [1.165, 1.54) is 0 Å². The molecule has 1 atom stereocenters. The largest absolute Gasteiger partial charge is 0.508 e. The van der Waals surface area contributed by atoms with Gasteiger partial charge in [-0.25, -0.2) is 0 Å². The summed E-state index contributed by atoms with van der Waals surface area (Å²) in [6, 6.07) is 7.38. The van der Waals surface area contributed by atoms with Gasteiger partial charge < -0.3 is 10.4 Å². The molecule has 1 aromatic heterocycles. The molecule has 0 aliphatic carbocycles. The van der Waals surface area contributed by atoms with E-state index < -0.39 is 0 Å². The van der Waals surface area contributed by atoms with E-state index >= 15 is 0 Å². The number of hydrogen-bond acceptors (Lipinski definition) is 3. The van der Waals surface area contributed by atoms with E-state index in [9.17, 15) is 5.11 Å². The molecule has 0 amide bonds. The SMILES string of the molecule is CC(Nc1cnn(C)c1)c1cccc(O)c1. The molecule has 0 aliphatic heterocycles. The molecule has 0 saturated heterocycles. The number of nitrogens with zero attached hydrogens (tertiary/aromatic N) is 2. The summed E-state index contributed by atoms with van der Waals surface area (Å²) in [7, 11) is 1.88. The van der Waals surface area contributed by atoms with E-state index in [4.69, 9.17) is 0 Å². The lowest BCUT2D eigenvalue weighted by atomic mass is 10.1. The fraction of sp³-hybridized carbons (Fsp3) is 0.250. The predicted molar refractivity (Wildman–Crippen MR) is 63.4 cm³/mol. The highest BCUT2D eigenvalue weighted by Crippen LogP contribution is 2.21. The third-order valence-corrected chi connectivity index (χ3v) is 2.46. The molecule has 0 spiro atoms. The van der Waals surface area contributed by atoms with Gasteiger partial charge in [0.05, 0.1) is 11.9 Å². The van der Waals surface area contributed by atoms with Crippen molar-refractivity contribution in [3.63, 3.8) is 0 Å². The number of anilines is 1. The Kier molecular flexibility index (Phi) is 2.81. The minimum atomic E-state index is 0.135. The fourth-order valence-electron chi connectivity index (χ4n) is 1.62. The lowest BCUT2D eigenvalue weighted by Gasteiger charge is -2.14. The maximum atomic E-state index is 9.39. The summed E-state index contributed by atoms with van der Waals surface area (Å²) < 4.78 is 1.75. The Bertz CT molecular complexity index is 479. The molecule has 2 N–H and O–H groups in total. The van der Waals surface area contributed by atoms with Crippen LogP contribution >= 0.6 is 0 Å². The Morgan fingerprint density at radius 2 is 2.25 bits per heavy atom. The molecule has 0 aliphatic rings. The van der Waals surface area contributed by atoms with Crippen LogP contribution in [-0.2, 0) is 7.05 Å². The van der Waals surface area contributed by atoms with Crippen LogP contribution in [0.1, 0.15) is 18.5 Å². The van der Waals surface area contributed by atoms with Gasteiger partial charge >= 0.3 is 0 Å². The Balaban J connectivity index is 2.11. The standard InChI is InChI=1S/C12H15N3O/c1-9(10-4-3-5-12(16)6-10)14-11-7-13-15(2)8-11/h3-9,14,16H,1-2H3. The lowest BCUT2D eigenvalue weighted by Crippen LogP contribution is -2.05. The number of aromatic hydroxyl groups is 1. The van der Waals surface area contributed by atoms with E-state index in [1.54, 1.807) is 23.0 Å². The van der Waals surface area contributed by atoms with Crippen molar-refractivity contribution in [2.45, 2.75) is 13.0 Å². The van der Waals surface area contributed by atoms with Crippen LogP contribution < -0.4 is 5.32 Å². The molecule has 1 aromatic carbocycles. The monoisotopic (exact) mass is 217 g/mol. The molecule has 2 rings (SSSR count). The first-order valence-electron chi connectivity index (χ1n) is 5.19. The zero-order valence-corrected chi connectivity index (χ0v) is 9.38. The van der Waals surface area contributed by atoms with Gasteiger partial charge in [0.2, 0.25) is 0 Å². The number of nitrogens with one attached hydrogen (secondary N) is 1. The van der Waals surface area contributed by atoms with Crippen molar-refractivity contribution in [2.75, 3.05) is 5.32 Å². The van der Waals surface area contributed by atoms with Crippen molar-refractivity contribution < 1.29 is 5.11 Å². The maximum absolute atomic E-state index is 9.39. The van der Waals surface area contributed by atoms with E-state index in [1.807, 2.05) is 32.3 Å². The highest BCUT2D eigenvalue weighted by atomic mass is 16.3. The van der Waals surface area contributed by atoms with Crippen molar-refractivity contribution in [3.05, 3.63) is 42.2 Å². The van der Waals surface area contributed by atoms with Gasteiger partial charge in [-0.2, -0.15) is 5.10 Å². The molecule has 4 nitrogen and oxygen atoms in total. The van der Waals surface area contributed by atoms with E-state index in [2.05, 4.69) is 10.4 Å². The van der Waals surface area contributed by atoms with Gasteiger partial charge in [-0.3, -0.25) is 4.68 Å². The third-order valence-electron chi connectivity index (χ3n) is 2.46. The minimum Gasteiger partial charge on any atom is -0.508 e. The van der Waals surface area contributed by atoms with Gasteiger partial charge in [0.1, 0.15) is 5.75 Å². The van der Waals surface area contributed by atoms with Gasteiger partial charge in [0.15, 0.2) is 0 Å². The Morgan fingerprint density at radius 3 is 2.88 bits per heavy atom. The number of benzene rings is 1. The molecule has 4 heteroatoms. The fourth-order valence-corrected chi connectivity index (χ4v) is 1.62. The lowest BCUT2D eigenvalue weighted by molar-refractivity contribution is 0.474. The first-order chi connectivity index (χ1) is 7.65. The average Bonchev–Trinajstić information content (AvgIpc) is 2.64. The number of hydrogen-bond donors (Lipinski definition) is 2. The van der Waals surface area contributed by atoms with Gasteiger partial charge in [-0.05, 0) is 24.6 Å². The third kappa shape index (κ3) is 2.34. The van der Waals surface area contributed by atoms with Gasteiger partial charge in [-0.15, -0.1) is 0 Å². The molecular formula is C12H15N3O. The van der Waals surface area contributed by atoms with Crippen molar-refractivity contribution in [2.24, 2.45) is 7.05 Å². The number of rotatable bonds is 3. The summed E-state index contributed by atoms with van der Waals surface area (Å²) >= 11 is 0. The van der Waals surface area contributed by atoms with Crippen molar-refractivity contribution in [3.8, 4) is 5.75 Å². The molecule has 2 aromatic rings. The normalized spacial score (nSPS) is 12.4. The molecule has 0 saturated carbocycles. The predicted octanol–water partition coefficient (Wildman–Crippen LogP) is 2.30. The van der Waals surface area contributed by atoms with Crippen LogP contribution in [-0.4, -0.2) is 14.9 Å². The summed E-state index contributed by atoms with van der Waals surface area (Å²) in [5, 5.41) is 16.8. The van der Waals surface area contributed by atoms with Gasteiger partial charge in [-0.1, -0.05) is 12.1 Å². The number of phenols is 1. The summed E-state index contributed by atoms with van der Waals surface area (Å²) in [4.78, 5) is 0.